The van der Waals surface area contributed by atoms with Crippen LogP contribution in [-0.2, 0) is 11.3 Å². The highest BCUT2D eigenvalue weighted by Gasteiger charge is 2.20. The van der Waals surface area contributed by atoms with Gasteiger partial charge in [-0.05, 0) is 24.0 Å². The fourth-order valence-electron chi connectivity index (χ4n) is 1.47. The number of ether oxygens (including phenoxy) is 1. The second kappa shape index (κ2) is 5.33. The van der Waals surface area contributed by atoms with Crippen LogP contribution in [0.5, 0.6) is 0 Å². The Bertz CT molecular complexity index is 294. The number of furan rings is 1. The van der Waals surface area contributed by atoms with Gasteiger partial charge in [-0.2, -0.15) is 0 Å². The number of hydrogen-bond donors (Lipinski definition) is 1. The molecule has 0 spiro atoms. The van der Waals surface area contributed by atoms with Gasteiger partial charge >= 0.3 is 0 Å². The molecule has 2 unspecified atom stereocenters. The average molecular weight is 211 g/mol. The quantitative estimate of drug-likeness (QED) is 0.814. The first-order valence-corrected chi connectivity index (χ1v) is 5.39. The SMILES string of the molecule is COCc1ccc(C(N)C(C)C(C)C)o1. The summed E-state index contributed by atoms with van der Waals surface area (Å²) in [6, 6.07) is 3.83. The van der Waals surface area contributed by atoms with Gasteiger partial charge in [0.1, 0.15) is 18.1 Å². The summed E-state index contributed by atoms with van der Waals surface area (Å²) >= 11 is 0. The third kappa shape index (κ3) is 3.08. The van der Waals surface area contributed by atoms with Gasteiger partial charge in [0.15, 0.2) is 0 Å². The molecule has 0 saturated carbocycles. The van der Waals surface area contributed by atoms with E-state index in [0.29, 0.717) is 18.4 Å². The second-order valence-corrected chi connectivity index (χ2v) is 4.37. The Morgan fingerprint density at radius 2 is 2.00 bits per heavy atom. The minimum absolute atomic E-state index is 0.0318. The van der Waals surface area contributed by atoms with Crippen LogP contribution in [0.1, 0.15) is 38.3 Å². The molecule has 15 heavy (non-hydrogen) atoms. The molecule has 2 N–H and O–H groups in total. The summed E-state index contributed by atoms with van der Waals surface area (Å²) in [6.45, 7) is 6.99. The van der Waals surface area contributed by atoms with Crippen LogP contribution < -0.4 is 5.73 Å². The van der Waals surface area contributed by atoms with Crippen molar-refractivity contribution in [1.82, 2.24) is 0 Å². The number of rotatable bonds is 5. The molecule has 1 heterocycles. The minimum atomic E-state index is -0.0318. The Hall–Kier alpha value is -0.800. The van der Waals surface area contributed by atoms with Crippen molar-refractivity contribution >= 4 is 0 Å². The van der Waals surface area contributed by atoms with Crippen LogP contribution in [0.4, 0.5) is 0 Å². The van der Waals surface area contributed by atoms with E-state index < -0.39 is 0 Å². The first-order valence-electron chi connectivity index (χ1n) is 5.39. The Kier molecular flexibility index (Phi) is 4.36. The van der Waals surface area contributed by atoms with Crippen molar-refractivity contribution in [3.05, 3.63) is 23.7 Å². The van der Waals surface area contributed by atoms with E-state index in [4.69, 9.17) is 14.9 Å². The van der Waals surface area contributed by atoms with Gasteiger partial charge in [-0.25, -0.2) is 0 Å². The maximum atomic E-state index is 6.11. The molecule has 3 nitrogen and oxygen atoms in total. The fourth-order valence-corrected chi connectivity index (χ4v) is 1.47. The van der Waals surface area contributed by atoms with Crippen LogP contribution in [-0.4, -0.2) is 7.11 Å². The van der Waals surface area contributed by atoms with Crippen molar-refractivity contribution in [1.29, 1.82) is 0 Å². The summed E-state index contributed by atoms with van der Waals surface area (Å²) in [5, 5.41) is 0. The van der Waals surface area contributed by atoms with Crippen molar-refractivity contribution in [2.45, 2.75) is 33.4 Å². The first kappa shape index (κ1) is 12.3. The summed E-state index contributed by atoms with van der Waals surface area (Å²) in [4.78, 5) is 0. The van der Waals surface area contributed by atoms with Crippen LogP contribution in [0.25, 0.3) is 0 Å². The van der Waals surface area contributed by atoms with Crippen molar-refractivity contribution < 1.29 is 9.15 Å². The Labute approximate surface area is 91.6 Å². The largest absolute Gasteiger partial charge is 0.462 e. The highest BCUT2D eigenvalue weighted by Crippen LogP contribution is 2.26. The van der Waals surface area contributed by atoms with E-state index in [1.54, 1.807) is 7.11 Å². The van der Waals surface area contributed by atoms with Crippen molar-refractivity contribution in [2.24, 2.45) is 17.6 Å². The van der Waals surface area contributed by atoms with Gasteiger partial charge in [0.2, 0.25) is 0 Å². The molecule has 0 bridgehead atoms. The molecule has 1 rings (SSSR count). The van der Waals surface area contributed by atoms with E-state index in [0.717, 1.165) is 11.5 Å². The lowest BCUT2D eigenvalue weighted by molar-refractivity contribution is 0.160. The topological polar surface area (TPSA) is 48.4 Å². The molecule has 0 saturated heterocycles. The minimum Gasteiger partial charge on any atom is -0.462 e. The van der Waals surface area contributed by atoms with Crippen molar-refractivity contribution in [3.8, 4) is 0 Å². The van der Waals surface area contributed by atoms with Gasteiger partial charge in [0.25, 0.3) is 0 Å². The summed E-state index contributed by atoms with van der Waals surface area (Å²) < 4.78 is 10.6. The van der Waals surface area contributed by atoms with E-state index in [9.17, 15) is 0 Å². The molecule has 0 aliphatic heterocycles. The van der Waals surface area contributed by atoms with E-state index in [-0.39, 0.29) is 6.04 Å². The lowest BCUT2D eigenvalue weighted by Gasteiger charge is -2.21. The van der Waals surface area contributed by atoms with Crippen molar-refractivity contribution in [3.63, 3.8) is 0 Å². The van der Waals surface area contributed by atoms with Gasteiger partial charge in [-0.15, -0.1) is 0 Å². The predicted molar refractivity (Wildman–Crippen MR) is 60.4 cm³/mol. The highest BCUT2D eigenvalue weighted by molar-refractivity contribution is 5.10. The van der Waals surface area contributed by atoms with Gasteiger partial charge < -0.3 is 14.9 Å². The third-order valence-corrected chi connectivity index (χ3v) is 2.92. The number of nitrogens with two attached hydrogens (primary N) is 1. The number of hydrogen-bond acceptors (Lipinski definition) is 3. The molecular weight excluding hydrogens is 190 g/mol. The molecule has 86 valence electrons. The van der Waals surface area contributed by atoms with E-state index in [1.807, 2.05) is 12.1 Å². The smallest absolute Gasteiger partial charge is 0.129 e. The summed E-state index contributed by atoms with van der Waals surface area (Å²) in [5.41, 5.74) is 6.11. The molecule has 2 atom stereocenters. The standard InChI is InChI=1S/C12H21NO2/c1-8(2)9(3)12(13)11-6-5-10(15-11)7-14-4/h5-6,8-9,12H,7,13H2,1-4H3. The molecule has 0 aliphatic carbocycles. The zero-order valence-electron chi connectivity index (χ0n) is 9.99. The van der Waals surface area contributed by atoms with Crippen molar-refractivity contribution in [2.75, 3.05) is 7.11 Å². The number of methoxy groups -OCH3 is 1. The lowest BCUT2D eigenvalue weighted by Crippen LogP contribution is -2.22. The van der Waals surface area contributed by atoms with Crippen LogP contribution in [0.15, 0.2) is 16.5 Å². The Morgan fingerprint density at radius 3 is 2.53 bits per heavy atom. The molecule has 0 fully saturated rings. The summed E-state index contributed by atoms with van der Waals surface area (Å²) in [6.07, 6.45) is 0. The van der Waals surface area contributed by atoms with E-state index in [2.05, 4.69) is 20.8 Å². The maximum absolute atomic E-state index is 6.11. The zero-order chi connectivity index (χ0) is 11.4. The molecule has 1 aromatic heterocycles. The van der Waals surface area contributed by atoms with Gasteiger partial charge in [-0.3, -0.25) is 0 Å². The molecule has 0 amide bonds. The fraction of sp³-hybridized carbons (Fsp3) is 0.667. The van der Waals surface area contributed by atoms with Crippen LogP contribution in [0.3, 0.4) is 0 Å². The third-order valence-electron chi connectivity index (χ3n) is 2.92. The first-order chi connectivity index (χ1) is 7.06. The van der Waals surface area contributed by atoms with Gasteiger partial charge in [-0.1, -0.05) is 20.8 Å². The van der Waals surface area contributed by atoms with Crippen LogP contribution in [0, 0.1) is 11.8 Å². The predicted octanol–water partition coefficient (Wildman–Crippen LogP) is 2.72. The molecule has 3 heteroatoms. The zero-order valence-corrected chi connectivity index (χ0v) is 9.99. The molecular formula is C12H21NO2. The normalized spacial score (nSPS) is 15.6. The van der Waals surface area contributed by atoms with Crippen LogP contribution >= 0.6 is 0 Å². The average Bonchev–Trinajstić information content (AvgIpc) is 2.64. The molecule has 0 radical (unpaired) electrons. The lowest BCUT2D eigenvalue weighted by atomic mass is 9.90. The highest BCUT2D eigenvalue weighted by atomic mass is 16.5. The monoisotopic (exact) mass is 211 g/mol. The maximum Gasteiger partial charge on any atom is 0.129 e. The molecule has 0 aromatic carbocycles. The Balaban J connectivity index is 2.69. The Morgan fingerprint density at radius 1 is 1.33 bits per heavy atom. The van der Waals surface area contributed by atoms with Gasteiger partial charge in [0, 0.05) is 7.11 Å². The van der Waals surface area contributed by atoms with Crippen LogP contribution in [0.2, 0.25) is 0 Å². The molecule has 1 aromatic rings. The summed E-state index contributed by atoms with van der Waals surface area (Å²) in [5.74, 6) is 2.64. The second-order valence-electron chi connectivity index (χ2n) is 4.37. The van der Waals surface area contributed by atoms with E-state index >= 15 is 0 Å². The summed E-state index contributed by atoms with van der Waals surface area (Å²) in [7, 11) is 1.65. The van der Waals surface area contributed by atoms with E-state index in [1.165, 1.54) is 0 Å². The van der Waals surface area contributed by atoms with Gasteiger partial charge in [0.05, 0.1) is 6.04 Å². The molecule has 0 aliphatic rings.